The van der Waals surface area contributed by atoms with E-state index in [4.69, 9.17) is 4.74 Å². The number of nitrogens with one attached hydrogen (secondary N) is 1. The van der Waals surface area contributed by atoms with Crippen LogP contribution in [0, 0.1) is 46.3 Å². The molecule has 3 fully saturated rings. The molecule has 8 atom stereocenters. The van der Waals surface area contributed by atoms with Crippen LogP contribution in [-0.2, 0) is 4.74 Å². The van der Waals surface area contributed by atoms with Crippen LogP contribution in [0.4, 0.5) is 4.79 Å². The molecule has 1 amide bonds. The highest BCUT2D eigenvalue weighted by atomic mass is 16.6. The molecule has 0 unspecified atom stereocenters. The Morgan fingerprint density at radius 1 is 1.03 bits per heavy atom. The van der Waals surface area contributed by atoms with Gasteiger partial charge in [-0.2, -0.15) is 0 Å². The molecule has 0 aromatic carbocycles. The van der Waals surface area contributed by atoms with Crippen LogP contribution < -0.4 is 5.32 Å². The number of fused-ring (bicyclic) bond motifs is 5. The van der Waals surface area contributed by atoms with Gasteiger partial charge in [-0.15, -0.1) is 0 Å². The third kappa shape index (κ3) is 5.56. The Morgan fingerprint density at radius 3 is 2.39 bits per heavy atom. The van der Waals surface area contributed by atoms with E-state index in [-0.39, 0.29) is 11.5 Å². The minimum atomic E-state index is -1.46. The van der Waals surface area contributed by atoms with Crippen molar-refractivity contribution in [1.29, 1.82) is 0 Å². The normalized spacial score (nSPS) is 37.6. The molecule has 0 heterocycles. The largest absolute Gasteiger partial charge is 0.446 e. The quantitative estimate of drug-likeness (QED) is 0.265. The summed E-state index contributed by atoms with van der Waals surface area (Å²) in [6.45, 7) is 10.7. The molecule has 0 aromatic rings. The van der Waals surface area contributed by atoms with E-state index in [1.165, 1.54) is 50.5 Å². The predicted molar refractivity (Wildman–Crippen MR) is 150 cm³/mol. The van der Waals surface area contributed by atoms with Gasteiger partial charge in [0.1, 0.15) is 11.6 Å². The van der Waals surface area contributed by atoms with Crippen molar-refractivity contribution in [3.63, 3.8) is 0 Å². The van der Waals surface area contributed by atoms with Crippen molar-refractivity contribution in [3.05, 3.63) is 11.6 Å². The molecular formula is C32H55NO5. The van der Waals surface area contributed by atoms with Gasteiger partial charge in [0.2, 0.25) is 0 Å². The highest BCUT2D eigenvalue weighted by Crippen LogP contribution is 2.67. The summed E-state index contributed by atoms with van der Waals surface area (Å²) in [5.41, 5.74) is 0.668. The Hall–Kier alpha value is -1.11. The maximum absolute atomic E-state index is 12.5. The lowest BCUT2D eigenvalue weighted by Crippen LogP contribution is -2.57. The molecule has 0 aliphatic heterocycles. The fraction of sp³-hybridized carbons (Fsp3) is 0.906. The third-order valence-electron chi connectivity index (χ3n) is 11.8. The fourth-order valence-electron chi connectivity index (χ4n) is 9.42. The molecule has 0 aromatic heterocycles. The van der Waals surface area contributed by atoms with Gasteiger partial charge < -0.3 is 25.4 Å². The lowest BCUT2D eigenvalue weighted by molar-refractivity contribution is -0.0588. The molecule has 0 spiro atoms. The van der Waals surface area contributed by atoms with Gasteiger partial charge in [0, 0.05) is 6.42 Å². The average Bonchev–Trinajstić information content (AvgIpc) is 3.24. The van der Waals surface area contributed by atoms with Crippen LogP contribution in [0.25, 0.3) is 0 Å². The molecule has 0 bridgehead atoms. The lowest BCUT2D eigenvalue weighted by atomic mass is 9.47. The molecule has 0 radical (unpaired) electrons. The first-order valence-corrected chi connectivity index (χ1v) is 15.5. The second-order valence-electron chi connectivity index (χ2n) is 14.4. The molecule has 4 aliphatic rings. The molecule has 6 heteroatoms. The molecule has 4 aliphatic carbocycles. The first kappa shape index (κ1) is 29.9. The summed E-state index contributed by atoms with van der Waals surface area (Å²) in [4.78, 5) is 12.5. The number of aliphatic hydroxyl groups is 3. The van der Waals surface area contributed by atoms with E-state index in [0.29, 0.717) is 5.41 Å². The van der Waals surface area contributed by atoms with E-state index >= 15 is 0 Å². The van der Waals surface area contributed by atoms with Gasteiger partial charge in [0.15, 0.2) is 0 Å². The van der Waals surface area contributed by atoms with Crippen molar-refractivity contribution in [2.24, 2.45) is 46.3 Å². The van der Waals surface area contributed by atoms with Gasteiger partial charge in [0.05, 0.1) is 19.8 Å². The second kappa shape index (κ2) is 11.8. The second-order valence-corrected chi connectivity index (χ2v) is 14.4. The van der Waals surface area contributed by atoms with Gasteiger partial charge in [-0.3, -0.25) is 0 Å². The van der Waals surface area contributed by atoms with Crippen molar-refractivity contribution in [2.75, 3.05) is 19.8 Å². The van der Waals surface area contributed by atoms with E-state index in [1.807, 2.05) is 0 Å². The number of allylic oxidation sites excluding steroid dienone is 1. The monoisotopic (exact) mass is 533 g/mol. The average molecular weight is 534 g/mol. The molecule has 6 nitrogen and oxygen atoms in total. The number of rotatable bonds is 10. The van der Waals surface area contributed by atoms with Crippen molar-refractivity contribution in [2.45, 2.75) is 117 Å². The summed E-state index contributed by atoms with van der Waals surface area (Å²) in [5, 5.41) is 31.0. The number of amides is 1. The molecular weight excluding hydrogens is 478 g/mol. The molecule has 38 heavy (non-hydrogen) atoms. The molecule has 4 N–H and O–H groups in total. The van der Waals surface area contributed by atoms with Crippen LogP contribution in [0.15, 0.2) is 11.6 Å². The van der Waals surface area contributed by atoms with E-state index in [1.54, 1.807) is 0 Å². The Bertz CT molecular complexity index is 845. The van der Waals surface area contributed by atoms with Crippen LogP contribution in [0.5, 0.6) is 0 Å². The minimum absolute atomic E-state index is 0.187. The number of aliphatic hydroxyl groups excluding tert-OH is 3. The molecule has 218 valence electrons. The van der Waals surface area contributed by atoms with Gasteiger partial charge >= 0.3 is 6.09 Å². The van der Waals surface area contributed by atoms with Gasteiger partial charge in [-0.1, -0.05) is 65.5 Å². The van der Waals surface area contributed by atoms with Gasteiger partial charge in [-0.05, 0) is 91.3 Å². The van der Waals surface area contributed by atoms with E-state index in [0.717, 1.165) is 61.2 Å². The SMILES string of the molecule is CC(C)CCC[C@H](C)[C@H]1CC[C@@H]2[C@H]3CC=C4C[C@@H](OC(=O)NC(CO)(CO)CO)CC[C@]4(C)[C@@H]3CC[C@@]21C. The number of carbonyl (C=O) groups is 1. The van der Waals surface area contributed by atoms with Gasteiger partial charge in [-0.25, -0.2) is 4.79 Å². The summed E-state index contributed by atoms with van der Waals surface area (Å²) >= 11 is 0. The van der Waals surface area contributed by atoms with E-state index in [9.17, 15) is 20.1 Å². The lowest BCUT2D eigenvalue weighted by Gasteiger charge is -2.58. The highest BCUT2D eigenvalue weighted by molar-refractivity contribution is 5.68. The Morgan fingerprint density at radius 2 is 1.74 bits per heavy atom. The standard InChI is InChI=1S/C32H55NO5/c1-21(2)7-6-8-22(3)26-11-12-27-25-10-9-23-17-24(38-29(37)33-32(18-34,19-35)20-36)13-15-30(23,4)28(25)14-16-31(26,27)5/h9,21-22,24-28,34-36H,6-8,10-20H2,1-5H3,(H,33,37)/t22-,24-,25+,26+,27+,28+,30-,31+/m0/s1. The van der Waals surface area contributed by atoms with Crippen molar-refractivity contribution in [1.82, 2.24) is 5.32 Å². The summed E-state index contributed by atoms with van der Waals surface area (Å²) in [5.74, 6) is 4.82. The number of hydrogen-bond donors (Lipinski definition) is 4. The Kier molecular flexibility index (Phi) is 9.26. The van der Waals surface area contributed by atoms with Crippen molar-refractivity contribution >= 4 is 6.09 Å². The maximum Gasteiger partial charge on any atom is 0.408 e. The summed E-state index contributed by atoms with van der Waals surface area (Å²) < 4.78 is 5.73. The van der Waals surface area contributed by atoms with E-state index < -0.39 is 31.5 Å². The Balaban J connectivity index is 1.40. The predicted octanol–water partition coefficient (Wildman–Crippen LogP) is 5.84. The zero-order valence-corrected chi connectivity index (χ0v) is 24.7. The van der Waals surface area contributed by atoms with E-state index in [2.05, 4.69) is 46.0 Å². The highest BCUT2D eigenvalue weighted by Gasteiger charge is 2.59. The topological polar surface area (TPSA) is 99.0 Å². The van der Waals surface area contributed by atoms with Crippen LogP contribution >= 0.6 is 0 Å². The first-order valence-electron chi connectivity index (χ1n) is 15.5. The number of hydrogen-bond acceptors (Lipinski definition) is 5. The number of carbonyl (C=O) groups excluding carboxylic acids is 1. The molecule has 0 saturated heterocycles. The third-order valence-corrected chi connectivity index (χ3v) is 11.8. The van der Waals surface area contributed by atoms with Crippen LogP contribution in [-0.4, -0.2) is 52.9 Å². The number of ether oxygens (including phenoxy) is 1. The molecule has 4 rings (SSSR count). The maximum atomic E-state index is 12.5. The summed E-state index contributed by atoms with van der Waals surface area (Å²) in [6, 6.07) is 0. The first-order chi connectivity index (χ1) is 18.0. The van der Waals surface area contributed by atoms with Crippen LogP contribution in [0.3, 0.4) is 0 Å². The zero-order valence-electron chi connectivity index (χ0n) is 24.7. The zero-order chi connectivity index (χ0) is 27.7. The molecule has 3 saturated carbocycles. The Labute approximate surface area is 231 Å². The minimum Gasteiger partial charge on any atom is -0.446 e. The smallest absolute Gasteiger partial charge is 0.408 e. The fourth-order valence-corrected chi connectivity index (χ4v) is 9.42. The van der Waals surface area contributed by atoms with Crippen molar-refractivity contribution in [3.8, 4) is 0 Å². The number of alkyl carbamates (subject to hydrolysis) is 1. The van der Waals surface area contributed by atoms with Gasteiger partial charge in [0.25, 0.3) is 0 Å². The van der Waals surface area contributed by atoms with Crippen LogP contribution in [0.1, 0.15) is 105 Å². The van der Waals surface area contributed by atoms with Crippen LogP contribution in [0.2, 0.25) is 0 Å². The summed E-state index contributed by atoms with van der Waals surface area (Å²) in [7, 11) is 0. The summed E-state index contributed by atoms with van der Waals surface area (Å²) in [6.07, 6.45) is 15.0. The van der Waals surface area contributed by atoms with Crippen molar-refractivity contribution < 1.29 is 24.9 Å².